The van der Waals surface area contributed by atoms with Gasteiger partial charge in [-0.3, -0.25) is 9.36 Å². The van der Waals surface area contributed by atoms with E-state index < -0.39 is 18.8 Å². The molecule has 0 aliphatic heterocycles. The number of amides is 1. The van der Waals surface area contributed by atoms with Crippen molar-refractivity contribution < 1.29 is 27.9 Å². The average molecular weight is 372 g/mol. The molecule has 0 bridgehead atoms. The summed E-state index contributed by atoms with van der Waals surface area (Å²) in [6.45, 7) is 1.70. The van der Waals surface area contributed by atoms with Crippen molar-refractivity contribution in [3.63, 3.8) is 0 Å². The molecular formula is C11H13BrF2NO4P. The Morgan fingerprint density at radius 3 is 2.50 bits per heavy atom. The highest BCUT2D eigenvalue weighted by molar-refractivity contribution is 9.10. The van der Waals surface area contributed by atoms with Gasteiger partial charge in [-0.1, -0.05) is 28.1 Å². The van der Waals surface area contributed by atoms with Crippen molar-refractivity contribution in [1.82, 2.24) is 5.32 Å². The van der Waals surface area contributed by atoms with E-state index in [1.165, 1.54) is 19.1 Å². The van der Waals surface area contributed by atoms with E-state index in [2.05, 4.69) is 21.2 Å². The molecule has 1 amide bonds. The number of carbonyl (C=O) groups excluding carboxylic acids is 1. The Labute approximate surface area is 122 Å². The zero-order valence-electron chi connectivity index (χ0n) is 10.4. The number of benzene rings is 1. The van der Waals surface area contributed by atoms with Crippen molar-refractivity contribution >= 4 is 29.4 Å². The Balaban J connectivity index is 2.94. The molecule has 0 atom stereocenters. The van der Waals surface area contributed by atoms with Crippen molar-refractivity contribution in [3.8, 4) is 0 Å². The van der Waals surface area contributed by atoms with Gasteiger partial charge in [-0.25, -0.2) is 0 Å². The zero-order chi connectivity index (χ0) is 15.6. The molecule has 0 aromatic heterocycles. The summed E-state index contributed by atoms with van der Waals surface area (Å²) >= 11 is 2.89. The maximum atomic E-state index is 13.6. The van der Waals surface area contributed by atoms with Gasteiger partial charge in [-0.2, -0.15) is 8.78 Å². The molecule has 0 aliphatic rings. The van der Waals surface area contributed by atoms with Gasteiger partial charge in [0.1, 0.15) is 0 Å². The highest BCUT2D eigenvalue weighted by Gasteiger charge is 2.51. The fraction of sp³-hybridized carbons (Fsp3) is 0.364. The first kappa shape index (κ1) is 17.2. The molecule has 0 unspecified atom stereocenters. The number of hydrogen-bond acceptors (Lipinski definition) is 2. The molecule has 112 valence electrons. The summed E-state index contributed by atoms with van der Waals surface area (Å²) in [6.07, 6.45) is 0.417. The van der Waals surface area contributed by atoms with E-state index in [0.29, 0.717) is 18.5 Å². The van der Waals surface area contributed by atoms with Gasteiger partial charge in [0.25, 0.3) is 0 Å². The number of rotatable bonds is 5. The van der Waals surface area contributed by atoms with Gasteiger partial charge in [0.05, 0.1) is 0 Å². The van der Waals surface area contributed by atoms with E-state index in [1.54, 1.807) is 0 Å². The van der Waals surface area contributed by atoms with Crippen LogP contribution >= 0.6 is 23.5 Å². The van der Waals surface area contributed by atoms with Crippen LogP contribution in [0.5, 0.6) is 0 Å². The molecule has 9 heteroatoms. The van der Waals surface area contributed by atoms with Gasteiger partial charge < -0.3 is 15.1 Å². The zero-order valence-corrected chi connectivity index (χ0v) is 12.9. The molecule has 0 fully saturated rings. The van der Waals surface area contributed by atoms with Gasteiger partial charge >= 0.3 is 13.3 Å². The summed E-state index contributed by atoms with van der Waals surface area (Å²) in [7, 11) is -5.59. The average Bonchev–Trinajstić information content (AvgIpc) is 2.26. The van der Waals surface area contributed by atoms with Crippen molar-refractivity contribution in [3.05, 3.63) is 33.8 Å². The topological polar surface area (TPSA) is 86.6 Å². The summed E-state index contributed by atoms with van der Waals surface area (Å²) in [5.74, 6) is -0.200. The Morgan fingerprint density at radius 2 is 2.05 bits per heavy atom. The predicted octanol–water partition coefficient (Wildman–Crippen LogP) is 2.35. The standard InChI is InChI=1S/C11H13BrF2NO4P/c1-7(16)15-5-4-8-2-3-9(10(12)6-8)11(13,14)20(17,18)19/h2-3,6H,4-5H2,1H3,(H,15,16)(H2,17,18,19). The molecule has 1 aromatic rings. The number of nitrogens with one attached hydrogen (secondary N) is 1. The van der Waals surface area contributed by atoms with E-state index in [0.717, 1.165) is 6.07 Å². The Morgan fingerprint density at radius 1 is 1.45 bits per heavy atom. The third-order valence-corrected chi connectivity index (χ3v) is 4.14. The Bertz CT molecular complexity index is 561. The maximum absolute atomic E-state index is 13.6. The van der Waals surface area contributed by atoms with Gasteiger partial charge in [0.2, 0.25) is 5.91 Å². The largest absolute Gasteiger partial charge is 0.399 e. The first-order chi connectivity index (χ1) is 9.05. The van der Waals surface area contributed by atoms with Crippen molar-refractivity contribution in [2.45, 2.75) is 19.0 Å². The SMILES string of the molecule is CC(=O)NCCc1ccc(C(F)(F)P(=O)(O)O)c(Br)c1. The van der Waals surface area contributed by atoms with Crippen LogP contribution in [0.3, 0.4) is 0 Å². The molecule has 0 radical (unpaired) electrons. The second kappa shape index (κ2) is 6.30. The minimum absolute atomic E-state index is 0.0915. The second-order valence-corrected chi connectivity index (χ2v) is 6.64. The lowest BCUT2D eigenvalue weighted by atomic mass is 10.1. The van der Waals surface area contributed by atoms with E-state index >= 15 is 0 Å². The quantitative estimate of drug-likeness (QED) is 0.693. The monoisotopic (exact) mass is 371 g/mol. The lowest BCUT2D eigenvalue weighted by Gasteiger charge is -2.19. The van der Waals surface area contributed by atoms with Gasteiger partial charge in [0.15, 0.2) is 0 Å². The third kappa shape index (κ3) is 4.09. The normalized spacial score (nSPS) is 12.3. The van der Waals surface area contributed by atoms with Crippen LogP contribution in [-0.4, -0.2) is 22.2 Å². The molecule has 5 nitrogen and oxygen atoms in total. The van der Waals surface area contributed by atoms with Crippen LogP contribution in [0.1, 0.15) is 18.1 Å². The summed E-state index contributed by atoms with van der Waals surface area (Å²) in [5, 5.41) is 2.56. The summed E-state index contributed by atoms with van der Waals surface area (Å²) in [4.78, 5) is 28.1. The van der Waals surface area contributed by atoms with Crippen molar-refractivity contribution in [2.75, 3.05) is 6.54 Å². The van der Waals surface area contributed by atoms with Gasteiger partial charge in [-0.15, -0.1) is 0 Å². The van der Waals surface area contributed by atoms with Crippen molar-refractivity contribution in [1.29, 1.82) is 0 Å². The van der Waals surface area contributed by atoms with E-state index in [1.807, 2.05) is 0 Å². The number of carbonyl (C=O) groups is 1. The van der Waals surface area contributed by atoms with Crippen LogP contribution in [0.15, 0.2) is 22.7 Å². The van der Waals surface area contributed by atoms with Crippen LogP contribution in [0, 0.1) is 0 Å². The highest BCUT2D eigenvalue weighted by Crippen LogP contribution is 2.60. The first-order valence-electron chi connectivity index (χ1n) is 5.52. The lowest BCUT2D eigenvalue weighted by molar-refractivity contribution is -0.118. The van der Waals surface area contributed by atoms with E-state index in [-0.39, 0.29) is 10.4 Å². The molecule has 0 saturated heterocycles. The van der Waals surface area contributed by atoms with Crippen LogP contribution in [-0.2, 0) is 21.4 Å². The Hall–Kier alpha value is -0.820. The first-order valence-corrected chi connectivity index (χ1v) is 7.93. The highest BCUT2D eigenvalue weighted by atomic mass is 79.9. The summed E-state index contributed by atoms with van der Waals surface area (Å²) in [6, 6.07) is 3.65. The summed E-state index contributed by atoms with van der Waals surface area (Å²) in [5.41, 5.74) is -4.37. The van der Waals surface area contributed by atoms with Crippen LogP contribution in [0.4, 0.5) is 8.78 Å². The minimum atomic E-state index is -5.59. The van der Waals surface area contributed by atoms with Crippen LogP contribution < -0.4 is 5.32 Å². The molecule has 0 spiro atoms. The number of halogens is 3. The third-order valence-electron chi connectivity index (χ3n) is 2.51. The molecule has 1 aromatic carbocycles. The summed E-state index contributed by atoms with van der Waals surface area (Å²) < 4.78 is 37.8. The number of hydrogen-bond donors (Lipinski definition) is 3. The fourth-order valence-electron chi connectivity index (χ4n) is 1.50. The van der Waals surface area contributed by atoms with E-state index in [4.69, 9.17) is 9.79 Å². The lowest BCUT2D eigenvalue weighted by Crippen LogP contribution is -2.22. The number of alkyl halides is 2. The fourth-order valence-corrected chi connectivity index (χ4v) is 2.84. The van der Waals surface area contributed by atoms with Crippen molar-refractivity contribution in [2.24, 2.45) is 0 Å². The molecule has 1 rings (SSSR count). The van der Waals surface area contributed by atoms with Crippen LogP contribution in [0.25, 0.3) is 0 Å². The second-order valence-electron chi connectivity index (χ2n) is 4.13. The molecule has 0 aliphatic carbocycles. The predicted molar refractivity (Wildman–Crippen MR) is 72.5 cm³/mol. The maximum Gasteiger partial charge on any atom is 0.399 e. The molecular weight excluding hydrogens is 359 g/mol. The van der Waals surface area contributed by atoms with Gasteiger partial charge in [0, 0.05) is 23.5 Å². The van der Waals surface area contributed by atoms with Gasteiger partial charge in [-0.05, 0) is 18.1 Å². The van der Waals surface area contributed by atoms with Crippen LogP contribution in [0.2, 0.25) is 0 Å². The smallest absolute Gasteiger partial charge is 0.356 e. The molecule has 0 heterocycles. The minimum Gasteiger partial charge on any atom is -0.356 e. The Kier molecular flexibility index (Phi) is 5.43. The molecule has 20 heavy (non-hydrogen) atoms. The molecule has 3 N–H and O–H groups in total. The van der Waals surface area contributed by atoms with E-state index in [9.17, 15) is 18.1 Å². The molecule has 0 saturated carbocycles.